The van der Waals surface area contributed by atoms with E-state index >= 15 is 0 Å². The summed E-state index contributed by atoms with van der Waals surface area (Å²) in [5, 5.41) is 1.05. The van der Waals surface area contributed by atoms with Gasteiger partial charge in [-0.1, -0.05) is 52.7 Å². The summed E-state index contributed by atoms with van der Waals surface area (Å²) in [6.45, 7) is 6.14. The average Bonchev–Trinajstić information content (AvgIpc) is 3.34. The number of rotatable bonds is 11. The van der Waals surface area contributed by atoms with Gasteiger partial charge in [-0.05, 0) is 74.4 Å². The van der Waals surface area contributed by atoms with Gasteiger partial charge >= 0.3 is 5.97 Å². The number of ether oxygens (including phenoxy) is 5. The fourth-order valence-electron chi connectivity index (χ4n) is 5.08. The summed E-state index contributed by atoms with van der Waals surface area (Å²) < 4.78 is 30.2. The van der Waals surface area contributed by atoms with Crippen LogP contribution in [-0.4, -0.2) is 38.0 Å². The van der Waals surface area contributed by atoms with Gasteiger partial charge in [0.15, 0.2) is 27.8 Å². The highest BCUT2D eigenvalue weighted by molar-refractivity contribution is 7.07. The Balaban J connectivity index is 1.57. The first-order valence-corrected chi connectivity index (χ1v) is 16.0. The molecule has 0 saturated heterocycles. The van der Waals surface area contributed by atoms with Gasteiger partial charge in [0.05, 0.1) is 49.3 Å². The maximum absolute atomic E-state index is 14.1. The van der Waals surface area contributed by atoms with Crippen molar-refractivity contribution < 1.29 is 28.5 Å². The fourth-order valence-corrected chi connectivity index (χ4v) is 6.59. The highest BCUT2D eigenvalue weighted by atomic mass is 35.5. The number of carbonyl (C=O) groups is 1. The van der Waals surface area contributed by atoms with Crippen LogP contribution in [0.1, 0.15) is 43.5 Å². The Morgan fingerprint density at radius 2 is 1.70 bits per heavy atom. The lowest BCUT2D eigenvalue weighted by atomic mass is 9.95. The van der Waals surface area contributed by atoms with Crippen molar-refractivity contribution >= 4 is 46.6 Å². The number of nitrogens with zero attached hydrogens (tertiary/aromatic N) is 2. The molecule has 0 bridgehead atoms. The minimum absolute atomic E-state index is 0.174. The van der Waals surface area contributed by atoms with Crippen molar-refractivity contribution in [2.75, 3.05) is 27.4 Å². The van der Waals surface area contributed by atoms with E-state index in [-0.39, 0.29) is 24.3 Å². The van der Waals surface area contributed by atoms with Crippen LogP contribution in [0.4, 0.5) is 0 Å². The Kier molecular flexibility index (Phi) is 10.4. The Morgan fingerprint density at radius 3 is 2.39 bits per heavy atom. The summed E-state index contributed by atoms with van der Waals surface area (Å²) in [6.07, 6.45) is 1.77. The molecule has 0 N–H and O–H groups in total. The molecule has 1 aliphatic heterocycles. The normalized spacial score (nSPS) is 14.4. The zero-order valence-electron chi connectivity index (χ0n) is 25.9. The molecule has 0 aliphatic carbocycles. The van der Waals surface area contributed by atoms with Gasteiger partial charge in [-0.25, -0.2) is 9.79 Å². The SMILES string of the molecule is CCOC(=O)C1=C(C)N=c2s/c(=C\c3ccc(OCc4ccc(Cl)cc4Cl)c(OCC)c3)c(=O)n2[C@@H]1c1ccc(OC)c(OC)c1. The van der Waals surface area contributed by atoms with E-state index in [1.54, 1.807) is 63.4 Å². The maximum atomic E-state index is 14.1. The van der Waals surface area contributed by atoms with Crippen molar-refractivity contribution in [2.24, 2.45) is 4.99 Å². The van der Waals surface area contributed by atoms with E-state index in [9.17, 15) is 9.59 Å². The zero-order chi connectivity index (χ0) is 33.0. The molecule has 12 heteroatoms. The van der Waals surface area contributed by atoms with E-state index in [1.165, 1.54) is 23.0 Å². The van der Waals surface area contributed by atoms with Crippen LogP contribution < -0.4 is 33.8 Å². The van der Waals surface area contributed by atoms with Crippen LogP contribution in [0, 0.1) is 0 Å². The van der Waals surface area contributed by atoms with Gasteiger partial charge < -0.3 is 23.7 Å². The van der Waals surface area contributed by atoms with E-state index in [4.69, 9.17) is 46.9 Å². The molecule has 0 amide bonds. The van der Waals surface area contributed by atoms with Gasteiger partial charge in [0, 0.05) is 15.6 Å². The number of halogens is 2. The number of thiazole rings is 1. The molecule has 4 aromatic rings. The molecule has 3 aromatic carbocycles. The summed E-state index contributed by atoms with van der Waals surface area (Å²) in [5.41, 5.74) is 2.56. The monoisotopic (exact) mass is 682 g/mol. The van der Waals surface area contributed by atoms with Gasteiger partial charge in [-0.3, -0.25) is 9.36 Å². The van der Waals surface area contributed by atoms with Crippen molar-refractivity contribution in [1.29, 1.82) is 0 Å². The molecule has 1 aliphatic rings. The van der Waals surface area contributed by atoms with E-state index in [2.05, 4.69) is 4.99 Å². The second-order valence-corrected chi connectivity index (χ2v) is 11.9. The van der Waals surface area contributed by atoms with Crippen LogP contribution in [0.25, 0.3) is 6.08 Å². The molecule has 46 heavy (non-hydrogen) atoms. The van der Waals surface area contributed by atoms with Gasteiger partial charge in [0.25, 0.3) is 5.56 Å². The predicted molar refractivity (Wildman–Crippen MR) is 178 cm³/mol. The smallest absolute Gasteiger partial charge is 0.338 e. The number of carbonyl (C=O) groups excluding carboxylic acids is 1. The van der Waals surface area contributed by atoms with E-state index < -0.39 is 12.0 Å². The number of fused-ring (bicyclic) bond motifs is 1. The Morgan fingerprint density at radius 1 is 0.935 bits per heavy atom. The third-order valence-corrected chi connectivity index (χ3v) is 8.77. The Hall–Kier alpha value is -4.25. The first-order valence-electron chi connectivity index (χ1n) is 14.4. The van der Waals surface area contributed by atoms with E-state index in [0.717, 1.165) is 11.1 Å². The topological polar surface area (TPSA) is 97.6 Å². The molecule has 240 valence electrons. The van der Waals surface area contributed by atoms with Crippen LogP contribution in [0.2, 0.25) is 10.0 Å². The minimum atomic E-state index is -0.799. The highest BCUT2D eigenvalue weighted by Gasteiger charge is 2.34. The van der Waals surface area contributed by atoms with E-state index in [0.29, 0.717) is 60.2 Å². The zero-order valence-corrected chi connectivity index (χ0v) is 28.2. The quantitative estimate of drug-likeness (QED) is 0.176. The molecule has 0 spiro atoms. The number of hydrogen-bond acceptors (Lipinski definition) is 9. The van der Waals surface area contributed by atoms with Gasteiger partial charge in [-0.15, -0.1) is 0 Å². The van der Waals surface area contributed by atoms with Gasteiger partial charge in [-0.2, -0.15) is 0 Å². The number of hydrogen-bond donors (Lipinski definition) is 0. The average molecular weight is 684 g/mol. The van der Waals surface area contributed by atoms with Crippen molar-refractivity contribution in [3.8, 4) is 23.0 Å². The van der Waals surface area contributed by atoms with Crippen molar-refractivity contribution in [3.63, 3.8) is 0 Å². The summed E-state index contributed by atoms with van der Waals surface area (Å²) in [7, 11) is 3.07. The lowest BCUT2D eigenvalue weighted by molar-refractivity contribution is -0.139. The second-order valence-electron chi connectivity index (χ2n) is 10.1. The van der Waals surface area contributed by atoms with Crippen LogP contribution in [-0.2, 0) is 16.1 Å². The minimum Gasteiger partial charge on any atom is -0.493 e. The largest absolute Gasteiger partial charge is 0.493 e. The van der Waals surface area contributed by atoms with Crippen LogP contribution in [0.15, 0.2) is 75.7 Å². The van der Waals surface area contributed by atoms with E-state index in [1.807, 2.05) is 25.1 Å². The third kappa shape index (κ3) is 6.79. The van der Waals surface area contributed by atoms with Crippen molar-refractivity contribution in [1.82, 2.24) is 4.57 Å². The molecule has 0 radical (unpaired) electrons. The molecular weight excluding hydrogens is 651 g/mol. The summed E-state index contributed by atoms with van der Waals surface area (Å²) in [4.78, 5) is 32.4. The maximum Gasteiger partial charge on any atom is 0.338 e. The molecule has 9 nitrogen and oxygen atoms in total. The summed E-state index contributed by atoms with van der Waals surface area (Å²) >= 11 is 13.6. The molecule has 1 atom stereocenters. The number of methoxy groups -OCH3 is 2. The third-order valence-electron chi connectivity index (χ3n) is 7.20. The first kappa shape index (κ1) is 33.1. The highest BCUT2D eigenvalue weighted by Crippen LogP contribution is 2.36. The van der Waals surface area contributed by atoms with Crippen LogP contribution >= 0.6 is 34.5 Å². The van der Waals surface area contributed by atoms with Crippen LogP contribution in [0.5, 0.6) is 23.0 Å². The first-order chi connectivity index (χ1) is 22.2. The second kappa shape index (κ2) is 14.5. The molecule has 5 rings (SSSR count). The molecule has 2 heterocycles. The lowest BCUT2D eigenvalue weighted by Crippen LogP contribution is -2.39. The van der Waals surface area contributed by atoms with Gasteiger partial charge in [0.2, 0.25) is 0 Å². The van der Waals surface area contributed by atoms with Gasteiger partial charge in [0.1, 0.15) is 6.61 Å². The molecule has 0 fully saturated rings. The number of esters is 1. The van der Waals surface area contributed by atoms with Crippen molar-refractivity contribution in [2.45, 2.75) is 33.4 Å². The Labute approximate surface area is 279 Å². The summed E-state index contributed by atoms with van der Waals surface area (Å²) in [5.74, 6) is 1.47. The molecule has 0 unspecified atom stereocenters. The molecule has 1 aromatic heterocycles. The van der Waals surface area contributed by atoms with Crippen molar-refractivity contribution in [3.05, 3.63) is 112 Å². The van der Waals surface area contributed by atoms with Crippen LogP contribution in [0.3, 0.4) is 0 Å². The number of benzene rings is 3. The predicted octanol–water partition coefficient (Wildman–Crippen LogP) is 6.10. The number of aromatic nitrogens is 1. The molecule has 0 saturated carbocycles. The Bertz CT molecular complexity index is 2000. The molecular formula is C34H32Cl2N2O7S. The lowest BCUT2D eigenvalue weighted by Gasteiger charge is -2.25. The summed E-state index contributed by atoms with van der Waals surface area (Å²) in [6, 6.07) is 15.1. The number of allylic oxidation sites excluding steroid dienone is 1. The fraction of sp³-hybridized carbons (Fsp3) is 0.265. The standard InChI is InChI=1S/C34H32Cl2N2O7S/c1-6-43-28-14-20(8-12-26(28)45-18-22-9-11-23(35)17-24(22)36)15-29-32(39)38-31(21-10-13-25(41-4)27(16-21)42-5)30(33(40)44-7-2)19(3)37-34(38)46-29/h8-17,31H,6-7,18H2,1-5H3/b29-15-/t31-/m1/s1.